The van der Waals surface area contributed by atoms with Crippen LogP contribution in [-0.2, 0) is 11.2 Å². The van der Waals surface area contributed by atoms with Gasteiger partial charge in [-0.25, -0.2) is 0 Å². The molecule has 3 N–H and O–H groups in total. The highest BCUT2D eigenvalue weighted by atomic mass is 32.1. The molecule has 0 radical (unpaired) electrons. The molecule has 0 aliphatic heterocycles. The van der Waals surface area contributed by atoms with E-state index < -0.39 is 0 Å². The van der Waals surface area contributed by atoms with Gasteiger partial charge in [-0.3, -0.25) is 4.79 Å². The SMILES string of the molecule is CC(C)C[C@@H](N)C(=O)NC(C)Cc1cccs1. The van der Waals surface area contributed by atoms with E-state index >= 15 is 0 Å². The first-order chi connectivity index (χ1) is 7.99. The van der Waals surface area contributed by atoms with Gasteiger partial charge in [-0.05, 0) is 30.7 Å². The Balaban J connectivity index is 2.35. The molecule has 1 heterocycles. The zero-order valence-corrected chi connectivity index (χ0v) is 11.6. The first-order valence-electron chi connectivity index (χ1n) is 6.07. The second kappa shape index (κ2) is 6.77. The molecule has 0 bridgehead atoms. The van der Waals surface area contributed by atoms with Crippen LogP contribution in [0.3, 0.4) is 0 Å². The van der Waals surface area contributed by atoms with E-state index in [1.54, 1.807) is 11.3 Å². The third-order valence-corrected chi connectivity index (χ3v) is 3.44. The molecule has 17 heavy (non-hydrogen) atoms. The third kappa shape index (κ3) is 5.33. The summed E-state index contributed by atoms with van der Waals surface area (Å²) in [7, 11) is 0. The van der Waals surface area contributed by atoms with Crippen LogP contribution in [0.15, 0.2) is 17.5 Å². The van der Waals surface area contributed by atoms with Crippen molar-refractivity contribution >= 4 is 17.2 Å². The van der Waals surface area contributed by atoms with E-state index in [1.165, 1.54) is 4.88 Å². The summed E-state index contributed by atoms with van der Waals surface area (Å²) in [6, 6.07) is 3.86. The Hall–Kier alpha value is -0.870. The maximum Gasteiger partial charge on any atom is 0.237 e. The number of hydrogen-bond acceptors (Lipinski definition) is 3. The van der Waals surface area contributed by atoms with Crippen LogP contribution in [0, 0.1) is 5.92 Å². The molecule has 1 aromatic rings. The molecule has 0 spiro atoms. The summed E-state index contributed by atoms with van der Waals surface area (Å²) in [5.41, 5.74) is 5.83. The monoisotopic (exact) mass is 254 g/mol. The summed E-state index contributed by atoms with van der Waals surface area (Å²) in [5.74, 6) is 0.408. The van der Waals surface area contributed by atoms with Crippen LogP contribution in [0.25, 0.3) is 0 Å². The van der Waals surface area contributed by atoms with Crippen molar-refractivity contribution in [1.29, 1.82) is 0 Å². The molecule has 3 nitrogen and oxygen atoms in total. The van der Waals surface area contributed by atoms with Crippen LogP contribution in [0.1, 0.15) is 32.1 Å². The van der Waals surface area contributed by atoms with E-state index in [1.807, 2.05) is 18.4 Å². The van der Waals surface area contributed by atoms with Crippen molar-refractivity contribution in [1.82, 2.24) is 5.32 Å². The maximum atomic E-state index is 11.8. The van der Waals surface area contributed by atoms with Gasteiger partial charge in [-0.15, -0.1) is 11.3 Å². The van der Waals surface area contributed by atoms with Crippen molar-refractivity contribution in [3.8, 4) is 0 Å². The van der Waals surface area contributed by atoms with Gasteiger partial charge < -0.3 is 11.1 Å². The number of hydrogen-bond donors (Lipinski definition) is 2. The van der Waals surface area contributed by atoms with Gasteiger partial charge in [0.25, 0.3) is 0 Å². The molecule has 4 heteroatoms. The topological polar surface area (TPSA) is 55.1 Å². The average Bonchev–Trinajstić information content (AvgIpc) is 2.68. The lowest BCUT2D eigenvalue weighted by Gasteiger charge is -2.18. The fourth-order valence-corrected chi connectivity index (χ4v) is 2.58. The fraction of sp³-hybridized carbons (Fsp3) is 0.615. The van der Waals surface area contributed by atoms with E-state index in [0.29, 0.717) is 5.92 Å². The molecule has 1 aromatic heterocycles. The largest absolute Gasteiger partial charge is 0.352 e. The molecule has 0 aromatic carbocycles. The lowest BCUT2D eigenvalue weighted by molar-refractivity contribution is -0.123. The van der Waals surface area contributed by atoms with Crippen LogP contribution in [0.4, 0.5) is 0 Å². The molecule has 0 saturated carbocycles. The van der Waals surface area contributed by atoms with Crippen molar-refractivity contribution in [3.05, 3.63) is 22.4 Å². The van der Waals surface area contributed by atoms with Gasteiger partial charge >= 0.3 is 0 Å². The van der Waals surface area contributed by atoms with Gasteiger partial charge in [0.05, 0.1) is 6.04 Å². The van der Waals surface area contributed by atoms with Gasteiger partial charge in [-0.2, -0.15) is 0 Å². The van der Waals surface area contributed by atoms with Crippen molar-refractivity contribution in [3.63, 3.8) is 0 Å². The lowest BCUT2D eigenvalue weighted by Crippen LogP contribution is -2.45. The van der Waals surface area contributed by atoms with Crippen molar-refractivity contribution < 1.29 is 4.79 Å². The van der Waals surface area contributed by atoms with E-state index in [-0.39, 0.29) is 18.0 Å². The van der Waals surface area contributed by atoms with Crippen LogP contribution in [0.5, 0.6) is 0 Å². The van der Waals surface area contributed by atoms with Crippen LogP contribution >= 0.6 is 11.3 Å². The first kappa shape index (κ1) is 14.2. The molecule has 0 aliphatic carbocycles. The summed E-state index contributed by atoms with van der Waals surface area (Å²) in [4.78, 5) is 13.1. The van der Waals surface area contributed by atoms with Gasteiger partial charge in [-0.1, -0.05) is 19.9 Å². The predicted molar refractivity (Wildman–Crippen MR) is 73.1 cm³/mol. The molecule has 1 amide bonds. The molecule has 0 aliphatic rings. The molecule has 1 rings (SSSR count). The predicted octanol–water partition coefficient (Wildman–Crippen LogP) is 2.17. The minimum absolute atomic E-state index is 0.0391. The van der Waals surface area contributed by atoms with E-state index in [2.05, 4.69) is 25.2 Å². The van der Waals surface area contributed by atoms with Gasteiger partial charge in [0.2, 0.25) is 5.91 Å². The minimum Gasteiger partial charge on any atom is -0.352 e. The van der Waals surface area contributed by atoms with Gasteiger partial charge in [0.15, 0.2) is 0 Å². The fourth-order valence-electron chi connectivity index (χ4n) is 1.75. The second-order valence-corrected chi connectivity index (χ2v) is 5.96. The summed E-state index contributed by atoms with van der Waals surface area (Å²) in [6.45, 7) is 6.16. The summed E-state index contributed by atoms with van der Waals surface area (Å²) in [5, 5.41) is 5.02. The van der Waals surface area contributed by atoms with Crippen LogP contribution in [-0.4, -0.2) is 18.0 Å². The third-order valence-electron chi connectivity index (χ3n) is 2.54. The van der Waals surface area contributed by atoms with Crippen LogP contribution in [0.2, 0.25) is 0 Å². The Kier molecular flexibility index (Phi) is 5.65. The summed E-state index contributed by atoms with van der Waals surface area (Å²) >= 11 is 1.71. The highest BCUT2D eigenvalue weighted by molar-refractivity contribution is 7.09. The maximum absolute atomic E-state index is 11.8. The Morgan fingerprint density at radius 2 is 2.18 bits per heavy atom. The van der Waals surface area contributed by atoms with E-state index in [4.69, 9.17) is 5.73 Å². The number of nitrogens with one attached hydrogen (secondary N) is 1. The highest BCUT2D eigenvalue weighted by Crippen LogP contribution is 2.11. The minimum atomic E-state index is -0.388. The molecule has 1 unspecified atom stereocenters. The average molecular weight is 254 g/mol. The Labute approximate surface area is 107 Å². The van der Waals surface area contributed by atoms with E-state index in [0.717, 1.165) is 12.8 Å². The first-order valence-corrected chi connectivity index (χ1v) is 6.95. The molecule has 0 saturated heterocycles. The van der Waals surface area contributed by atoms with Crippen molar-refractivity contribution in [2.45, 2.75) is 45.7 Å². The zero-order valence-electron chi connectivity index (χ0n) is 10.8. The lowest BCUT2D eigenvalue weighted by atomic mass is 10.0. The molecular weight excluding hydrogens is 232 g/mol. The summed E-state index contributed by atoms with van der Waals surface area (Å²) in [6.07, 6.45) is 1.61. The Bertz CT molecular complexity index is 335. The quantitative estimate of drug-likeness (QED) is 0.817. The molecular formula is C13H22N2OS. The highest BCUT2D eigenvalue weighted by Gasteiger charge is 2.17. The Morgan fingerprint density at radius 1 is 1.47 bits per heavy atom. The number of amides is 1. The van der Waals surface area contributed by atoms with Gasteiger partial charge in [0, 0.05) is 17.3 Å². The van der Waals surface area contributed by atoms with Crippen molar-refractivity contribution in [2.24, 2.45) is 11.7 Å². The molecule has 2 atom stereocenters. The standard InChI is InChI=1S/C13H22N2OS/c1-9(2)7-12(14)13(16)15-10(3)8-11-5-4-6-17-11/h4-6,9-10,12H,7-8,14H2,1-3H3,(H,15,16)/t10?,12-/m1/s1. The molecule has 0 fully saturated rings. The van der Waals surface area contributed by atoms with Gasteiger partial charge in [0.1, 0.15) is 0 Å². The second-order valence-electron chi connectivity index (χ2n) is 4.93. The Morgan fingerprint density at radius 3 is 2.71 bits per heavy atom. The number of nitrogens with two attached hydrogens (primary N) is 1. The zero-order chi connectivity index (χ0) is 12.8. The molecule has 96 valence electrons. The van der Waals surface area contributed by atoms with Crippen LogP contribution < -0.4 is 11.1 Å². The number of thiophene rings is 1. The smallest absolute Gasteiger partial charge is 0.237 e. The number of carbonyl (C=O) groups excluding carboxylic acids is 1. The number of carbonyl (C=O) groups is 1. The number of rotatable bonds is 6. The van der Waals surface area contributed by atoms with Crippen molar-refractivity contribution in [2.75, 3.05) is 0 Å². The normalized spacial score (nSPS) is 14.6. The summed E-state index contributed by atoms with van der Waals surface area (Å²) < 4.78 is 0. The van der Waals surface area contributed by atoms with E-state index in [9.17, 15) is 4.79 Å².